The lowest BCUT2D eigenvalue weighted by Crippen LogP contribution is -2.32. The van der Waals surface area contributed by atoms with Gasteiger partial charge in [0.1, 0.15) is 0 Å². The van der Waals surface area contributed by atoms with E-state index in [9.17, 15) is 5.11 Å². The van der Waals surface area contributed by atoms with Gasteiger partial charge >= 0.3 is 0 Å². The molecular weight excluding hydrogens is 248 g/mol. The molecule has 0 unspecified atom stereocenters. The fourth-order valence-electron chi connectivity index (χ4n) is 2.40. The van der Waals surface area contributed by atoms with Gasteiger partial charge in [-0.15, -0.1) is 0 Å². The maximum absolute atomic E-state index is 9.96. The summed E-state index contributed by atoms with van der Waals surface area (Å²) in [4.78, 5) is 2.29. The molecule has 110 valence electrons. The minimum absolute atomic E-state index is 0.346. The summed E-state index contributed by atoms with van der Waals surface area (Å²) in [7, 11) is 0. The number of benzene rings is 1. The van der Waals surface area contributed by atoms with Crippen LogP contribution in [0.4, 0.5) is 5.69 Å². The first-order chi connectivity index (χ1) is 9.51. The summed E-state index contributed by atoms with van der Waals surface area (Å²) in [5.74, 6) is 0. The monoisotopic (exact) mass is 274 g/mol. The second-order valence-electron chi connectivity index (χ2n) is 5.56. The molecule has 0 aliphatic rings. The molecule has 1 N–H and O–H groups in total. The van der Waals surface area contributed by atoms with Crippen molar-refractivity contribution < 1.29 is 5.11 Å². The van der Waals surface area contributed by atoms with Crippen LogP contribution in [-0.4, -0.2) is 17.7 Å². The standard InChI is InChI=1S/C17H26N2O/c1-5-6-7-10-19(13(2)3)17-11-15(12-18)8-9-16(17)14(4)20/h8-9,11,13-14,20H,5-7,10H2,1-4H3/t14-/m0/s1. The molecule has 0 aromatic heterocycles. The average molecular weight is 274 g/mol. The van der Waals surface area contributed by atoms with Crippen molar-refractivity contribution >= 4 is 5.69 Å². The molecule has 0 heterocycles. The van der Waals surface area contributed by atoms with Crippen molar-refractivity contribution in [2.24, 2.45) is 0 Å². The SMILES string of the molecule is CCCCCN(c1cc(C#N)ccc1[C@H](C)O)C(C)C. The predicted molar refractivity (Wildman–Crippen MR) is 83.8 cm³/mol. The molecule has 3 nitrogen and oxygen atoms in total. The van der Waals surface area contributed by atoms with E-state index >= 15 is 0 Å². The summed E-state index contributed by atoms with van der Waals surface area (Å²) >= 11 is 0. The van der Waals surface area contributed by atoms with Crippen molar-refractivity contribution in [2.75, 3.05) is 11.4 Å². The fourth-order valence-corrected chi connectivity index (χ4v) is 2.40. The molecule has 0 saturated carbocycles. The van der Waals surface area contributed by atoms with E-state index in [1.807, 2.05) is 12.1 Å². The molecular formula is C17H26N2O. The Labute approximate surface area is 122 Å². The largest absolute Gasteiger partial charge is 0.389 e. The lowest BCUT2D eigenvalue weighted by Gasteiger charge is -2.32. The minimum Gasteiger partial charge on any atom is -0.389 e. The highest BCUT2D eigenvalue weighted by Crippen LogP contribution is 2.29. The van der Waals surface area contributed by atoms with Gasteiger partial charge in [-0.25, -0.2) is 0 Å². The van der Waals surface area contributed by atoms with E-state index in [2.05, 4.69) is 31.7 Å². The maximum Gasteiger partial charge on any atom is 0.0992 e. The quantitative estimate of drug-likeness (QED) is 0.764. The van der Waals surface area contributed by atoms with Crippen molar-refractivity contribution in [1.82, 2.24) is 0 Å². The zero-order chi connectivity index (χ0) is 15.1. The number of unbranched alkanes of at least 4 members (excludes halogenated alkanes) is 2. The summed E-state index contributed by atoms with van der Waals surface area (Å²) in [5.41, 5.74) is 2.53. The normalized spacial score (nSPS) is 12.2. The Hall–Kier alpha value is -1.53. The number of nitriles is 1. The zero-order valence-corrected chi connectivity index (χ0v) is 13.1. The van der Waals surface area contributed by atoms with E-state index in [-0.39, 0.29) is 0 Å². The maximum atomic E-state index is 9.96. The van der Waals surface area contributed by atoms with Crippen molar-refractivity contribution in [2.45, 2.75) is 59.1 Å². The van der Waals surface area contributed by atoms with Gasteiger partial charge in [0, 0.05) is 23.8 Å². The van der Waals surface area contributed by atoms with Crippen LogP contribution in [0.1, 0.15) is 64.2 Å². The van der Waals surface area contributed by atoms with Crippen LogP contribution in [0.15, 0.2) is 18.2 Å². The van der Waals surface area contributed by atoms with Crippen LogP contribution in [0.5, 0.6) is 0 Å². The lowest BCUT2D eigenvalue weighted by molar-refractivity contribution is 0.199. The molecule has 0 aliphatic carbocycles. The first-order valence-corrected chi connectivity index (χ1v) is 7.50. The van der Waals surface area contributed by atoms with E-state index < -0.39 is 6.10 Å². The molecule has 0 amide bonds. The number of hydrogen-bond donors (Lipinski definition) is 1. The Bertz CT molecular complexity index is 461. The van der Waals surface area contributed by atoms with Gasteiger partial charge < -0.3 is 10.0 Å². The van der Waals surface area contributed by atoms with Crippen LogP contribution < -0.4 is 4.90 Å². The summed E-state index contributed by atoms with van der Waals surface area (Å²) in [6, 6.07) is 8.07. The molecule has 3 heteroatoms. The zero-order valence-electron chi connectivity index (χ0n) is 13.1. The van der Waals surface area contributed by atoms with E-state index in [0.29, 0.717) is 11.6 Å². The van der Waals surface area contributed by atoms with E-state index in [1.165, 1.54) is 12.8 Å². The van der Waals surface area contributed by atoms with Crippen LogP contribution in [0.3, 0.4) is 0 Å². The smallest absolute Gasteiger partial charge is 0.0992 e. The highest BCUT2D eigenvalue weighted by Gasteiger charge is 2.17. The third-order valence-corrected chi connectivity index (χ3v) is 3.54. The second kappa shape index (κ2) is 7.91. The summed E-state index contributed by atoms with van der Waals surface area (Å²) < 4.78 is 0. The topological polar surface area (TPSA) is 47.3 Å². The fraction of sp³-hybridized carbons (Fsp3) is 0.588. The van der Waals surface area contributed by atoms with Crippen molar-refractivity contribution in [3.63, 3.8) is 0 Å². The van der Waals surface area contributed by atoms with Crippen LogP contribution >= 0.6 is 0 Å². The van der Waals surface area contributed by atoms with Crippen molar-refractivity contribution in [1.29, 1.82) is 5.26 Å². The Balaban J connectivity index is 3.12. The van der Waals surface area contributed by atoms with Gasteiger partial charge in [0.05, 0.1) is 17.7 Å². The molecule has 1 aromatic rings. The number of rotatable bonds is 7. The number of aliphatic hydroxyl groups excluding tert-OH is 1. The number of nitrogens with zero attached hydrogens (tertiary/aromatic N) is 2. The third-order valence-electron chi connectivity index (χ3n) is 3.54. The lowest BCUT2D eigenvalue weighted by atomic mass is 10.0. The summed E-state index contributed by atoms with van der Waals surface area (Å²) in [6.07, 6.45) is 2.99. The Kier molecular flexibility index (Phi) is 6.54. The summed E-state index contributed by atoms with van der Waals surface area (Å²) in [6.45, 7) is 9.22. The Morgan fingerprint density at radius 3 is 2.45 bits per heavy atom. The summed E-state index contributed by atoms with van der Waals surface area (Å²) in [5, 5.41) is 19.1. The van der Waals surface area contributed by atoms with Crippen LogP contribution in [0, 0.1) is 11.3 Å². The van der Waals surface area contributed by atoms with Gasteiger partial charge in [-0.2, -0.15) is 5.26 Å². The van der Waals surface area contributed by atoms with Gasteiger partial charge in [-0.1, -0.05) is 25.8 Å². The number of anilines is 1. The van der Waals surface area contributed by atoms with E-state index in [4.69, 9.17) is 5.26 Å². The first-order valence-electron chi connectivity index (χ1n) is 7.50. The van der Waals surface area contributed by atoms with Crippen LogP contribution in [0.2, 0.25) is 0 Å². The van der Waals surface area contributed by atoms with Crippen LogP contribution in [0.25, 0.3) is 0 Å². The first kappa shape index (κ1) is 16.5. The highest BCUT2D eigenvalue weighted by molar-refractivity contribution is 5.59. The van der Waals surface area contributed by atoms with Crippen LogP contribution in [-0.2, 0) is 0 Å². The molecule has 0 aliphatic heterocycles. The van der Waals surface area contributed by atoms with Gasteiger partial charge in [-0.3, -0.25) is 0 Å². The van der Waals surface area contributed by atoms with Gasteiger partial charge in [0.25, 0.3) is 0 Å². The Morgan fingerprint density at radius 2 is 1.95 bits per heavy atom. The highest BCUT2D eigenvalue weighted by atomic mass is 16.3. The Morgan fingerprint density at radius 1 is 1.25 bits per heavy atom. The van der Waals surface area contributed by atoms with Gasteiger partial charge in [0.2, 0.25) is 0 Å². The van der Waals surface area contributed by atoms with Gasteiger partial charge in [-0.05, 0) is 39.3 Å². The molecule has 0 bridgehead atoms. The molecule has 0 spiro atoms. The van der Waals surface area contributed by atoms with Crippen molar-refractivity contribution in [3.05, 3.63) is 29.3 Å². The average Bonchev–Trinajstić information content (AvgIpc) is 2.42. The molecule has 1 aromatic carbocycles. The van der Waals surface area contributed by atoms with Crippen molar-refractivity contribution in [3.8, 4) is 6.07 Å². The minimum atomic E-state index is -0.523. The molecule has 1 rings (SSSR count). The molecule has 0 saturated heterocycles. The molecule has 0 radical (unpaired) electrons. The molecule has 0 fully saturated rings. The second-order valence-corrected chi connectivity index (χ2v) is 5.56. The number of aliphatic hydroxyl groups is 1. The van der Waals surface area contributed by atoms with Gasteiger partial charge in [0.15, 0.2) is 0 Å². The van der Waals surface area contributed by atoms with E-state index in [1.54, 1.807) is 13.0 Å². The van der Waals surface area contributed by atoms with E-state index in [0.717, 1.165) is 24.2 Å². The molecule has 1 atom stereocenters. The molecule has 20 heavy (non-hydrogen) atoms. The third kappa shape index (κ3) is 4.25. The number of hydrogen-bond acceptors (Lipinski definition) is 3. The predicted octanol–water partition coefficient (Wildman–Crippen LogP) is 4.02.